The van der Waals surface area contributed by atoms with E-state index in [4.69, 9.17) is 23.2 Å². The topological polar surface area (TPSA) is 20.3 Å². The van der Waals surface area contributed by atoms with Crippen LogP contribution in [-0.2, 0) is 0 Å². The maximum atomic E-state index is 12.2. The molecule has 0 aliphatic heterocycles. The Kier molecular flexibility index (Phi) is 6.13. The molecule has 0 radical (unpaired) electrons. The summed E-state index contributed by atoms with van der Waals surface area (Å²) in [6, 6.07) is 5.39. The van der Waals surface area contributed by atoms with Gasteiger partial charge in [-0.3, -0.25) is 9.69 Å². The van der Waals surface area contributed by atoms with E-state index in [1.54, 1.807) is 18.2 Å². The highest BCUT2D eigenvalue weighted by Crippen LogP contribution is 2.21. The van der Waals surface area contributed by atoms with Gasteiger partial charge in [0.25, 0.3) is 0 Å². The largest absolute Gasteiger partial charge is 0.293 e. The fourth-order valence-corrected chi connectivity index (χ4v) is 2.34. The molecule has 0 N–H and O–H groups in total. The molecular formula is C14H19Cl2NO. The highest BCUT2D eigenvalue weighted by atomic mass is 35.5. The standard InChI is InChI=1S/C14H19Cl2NO/c1-4-10(3)17(5-2)9-14(18)12-7-6-11(15)8-13(12)16/h6-8,10H,4-5,9H2,1-3H3. The molecule has 1 aromatic rings. The van der Waals surface area contributed by atoms with Crippen molar-refractivity contribution in [2.45, 2.75) is 33.2 Å². The summed E-state index contributed by atoms with van der Waals surface area (Å²) in [5.74, 6) is 0.0406. The number of ketones is 1. The van der Waals surface area contributed by atoms with Gasteiger partial charge in [0.1, 0.15) is 0 Å². The molecule has 0 saturated heterocycles. The summed E-state index contributed by atoms with van der Waals surface area (Å²) in [5.41, 5.74) is 0.544. The molecule has 0 amide bonds. The summed E-state index contributed by atoms with van der Waals surface area (Å²) in [4.78, 5) is 14.3. The van der Waals surface area contributed by atoms with Crippen LogP contribution in [0.5, 0.6) is 0 Å². The van der Waals surface area contributed by atoms with Crippen LogP contribution in [0.25, 0.3) is 0 Å². The zero-order valence-corrected chi connectivity index (χ0v) is 12.6. The molecule has 0 saturated carbocycles. The Morgan fingerprint density at radius 2 is 2.00 bits per heavy atom. The first kappa shape index (κ1) is 15.5. The minimum atomic E-state index is 0.0406. The van der Waals surface area contributed by atoms with Crippen molar-refractivity contribution in [3.8, 4) is 0 Å². The molecule has 0 bridgehead atoms. The number of likely N-dealkylation sites (N-methyl/N-ethyl adjacent to an activating group) is 1. The maximum absolute atomic E-state index is 12.2. The molecule has 0 heterocycles. The second-order valence-electron chi connectivity index (χ2n) is 4.37. The number of nitrogens with zero attached hydrogens (tertiary/aromatic N) is 1. The number of hydrogen-bond acceptors (Lipinski definition) is 2. The molecule has 1 aromatic carbocycles. The number of carbonyl (C=O) groups is 1. The molecule has 0 aliphatic carbocycles. The molecule has 2 nitrogen and oxygen atoms in total. The van der Waals surface area contributed by atoms with Crippen molar-refractivity contribution in [3.05, 3.63) is 33.8 Å². The number of benzene rings is 1. The van der Waals surface area contributed by atoms with Crippen molar-refractivity contribution >= 4 is 29.0 Å². The second kappa shape index (κ2) is 7.13. The molecule has 0 fully saturated rings. The Morgan fingerprint density at radius 3 is 2.50 bits per heavy atom. The predicted molar refractivity (Wildman–Crippen MR) is 77.8 cm³/mol. The predicted octanol–water partition coefficient (Wildman–Crippen LogP) is 4.30. The first-order valence-corrected chi connectivity index (χ1v) is 6.97. The summed E-state index contributed by atoms with van der Waals surface area (Å²) >= 11 is 11.9. The van der Waals surface area contributed by atoms with Gasteiger partial charge in [0, 0.05) is 16.6 Å². The van der Waals surface area contributed by atoms with Crippen molar-refractivity contribution in [1.82, 2.24) is 4.90 Å². The Labute approximate surface area is 119 Å². The summed E-state index contributed by atoms with van der Waals surface area (Å²) in [6.45, 7) is 7.55. The Bertz CT molecular complexity index is 420. The van der Waals surface area contributed by atoms with E-state index >= 15 is 0 Å². The van der Waals surface area contributed by atoms with Crippen LogP contribution >= 0.6 is 23.2 Å². The van der Waals surface area contributed by atoms with E-state index in [0.717, 1.165) is 13.0 Å². The minimum Gasteiger partial charge on any atom is -0.293 e. The summed E-state index contributed by atoms with van der Waals surface area (Å²) in [5, 5.41) is 0.971. The number of rotatable bonds is 6. The van der Waals surface area contributed by atoms with Gasteiger partial charge in [-0.05, 0) is 38.1 Å². The lowest BCUT2D eigenvalue weighted by atomic mass is 10.1. The zero-order chi connectivity index (χ0) is 13.7. The lowest BCUT2D eigenvalue weighted by Gasteiger charge is -2.26. The van der Waals surface area contributed by atoms with Gasteiger partial charge < -0.3 is 0 Å². The second-order valence-corrected chi connectivity index (χ2v) is 5.21. The van der Waals surface area contributed by atoms with Crippen LogP contribution in [-0.4, -0.2) is 29.8 Å². The maximum Gasteiger partial charge on any atom is 0.178 e. The van der Waals surface area contributed by atoms with Crippen LogP contribution in [0, 0.1) is 0 Å². The Hall–Kier alpha value is -0.570. The van der Waals surface area contributed by atoms with Gasteiger partial charge in [0.2, 0.25) is 0 Å². The van der Waals surface area contributed by atoms with Gasteiger partial charge in [-0.1, -0.05) is 37.0 Å². The van der Waals surface area contributed by atoms with Crippen LogP contribution in [0.3, 0.4) is 0 Å². The molecule has 18 heavy (non-hydrogen) atoms. The highest BCUT2D eigenvalue weighted by molar-refractivity contribution is 6.36. The van der Waals surface area contributed by atoms with Crippen LogP contribution in [0.15, 0.2) is 18.2 Å². The zero-order valence-electron chi connectivity index (χ0n) is 11.0. The lowest BCUT2D eigenvalue weighted by molar-refractivity contribution is 0.0903. The van der Waals surface area contributed by atoms with E-state index < -0.39 is 0 Å². The van der Waals surface area contributed by atoms with Crippen molar-refractivity contribution in [1.29, 1.82) is 0 Å². The fourth-order valence-electron chi connectivity index (χ4n) is 1.82. The van der Waals surface area contributed by atoms with Crippen LogP contribution < -0.4 is 0 Å². The van der Waals surface area contributed by atoms with Crippen molar-refractivity contribution in [3.63, 3.8) is 0 Å². The number of hydrogen-bond donors (Lipinski definition) is 0. The number of Topliss-reactive ketones (excluding diaryl/α,β-unsaturated/α-hetero) is 1. The van der Waals surface area contributed by atoms with Gasteiger partial charge in [-0.15, -0.1) is 0 Å². The minimum absolute atomic E-state index is 0.0406. The first-order chi connectivity index (χ1) is 8.49. The molecule has 0 aromatic heterocycles. The molecule has 0 spiro atoms. The number of halogens is 2. The van der Waals surface area contributed by atoms with Gasteiger partial charge in [-0.2, -0.15) is 0 Å². The summed E-state index contributed by atoms with van der Waals surface area (Å²) in [6.07, 6.45) is 1.02. The van der Waals surface area contributed by atoms with E-state index in [-0.39, 0.29) is 5.78 Å². The van der Waals surface area contributed by atoms with E-state index in [1.807, 2.05) is 0 Å². The van der Waals surface area contributed by atoms with E-state index in [1.165, 1.54) is 0 Å². The Morgan fingerprint density at radius 1 is 1.33 bits per heavy atom. The molecule has 0 aliphatic rings. The van der Waals surface area contributed by atoms with E-state index in [2.05, 4.69) is 25.7 Å². The summed E-state index contributed by atoms with van der Waals surface area (Å²) in [7, 11) is 0. The van der Waals surface area contributed by atoms with E-state index in [0.29, 0.717) is 28.2 Å². The smallest absolute Gasteiger partial charge is 0.178 e. The molecule has 4 heteroatoms. The third-order valence-corrected chi connectivity index (χ3v) is 3.75. The van der Waals surface area contributed by atoms with Crippen molar-refractivity contribution in [2.75, 3.05) is 13.1 Å². The molecule has 1 atom stereocenters. The molecule has 1 rings (SSSR count). The van der Waals surface area contributed by atoms with Crippen LogP contribution in [0.4, 0.5) is 0 Å². The Balaban J connectivity index is 2.81. The average Bonchev–Trinajstić information content (AvgIpc) is 2.34. The monoisotopic (exact) mass is 287 g/mol. The van der Waals surface area contributed by atoms with Gasteiger partial charge >= 0.3 is 0 Å². The van der Waals surface area contributed by atoms with Gasteiger partial charge in [0.15, 0.2) is 5.78 Å². The SMILES string of the molecule is CCC(C)N(CC)CC(=O)c1ccc(Cl)cc1Cl. The van der Waals surface area contributed by atoms with Crippen molar-refractivity contribution < 1.29 is 4.79 Å². The van der Waals surface area contributed by atoms with Crippen LogP contribution in [0.1, 0.15) is 37.6 Å². The molecule has 1 unspecified atom stereocenters. The third kappa shape index (κ3) is 3.98. The summed E-state index contributed by atoms with van der Waals surface area (Å²) < 4.78 is 0. The van der Waals surface area contributed by atoms with Crippen molar-refractivity contribution in [2.24, 2.45) is 0 Å². The quantitative estimate of drug-likeness (QED) is 0.727. The average molecular weight is 288 g/mol. The highest BCUT2D eigenvalue weighted by Gasteiger charge is 2.17. The van der Waals surface area contributed by atoms with E-state index in [9.17, 15) is 4.79 Å². The van der Waals surface area contributed by atoms with Gasteiger partial charge in [0.05, 0.1) is 11.6 Å². The third-order valence-electron chi connectivity index (χ3n) is 3.20. The molecule has 100 valence electrons. The van der Waals surface area contributed by atoms with Crippen LogP contribution in [0.2, 0.25) is 10.0 Å². The number of carbonyl (C=O) groups excluding carboxylic acids is 1. The lowest BCUT2D eigenvalue weighted by Crippen LogP contribution is -2.36. The fraction of sp³-hybridized carbons (Fsp3) is 0.500. The normalized spacial score (nSPS) is 12.8. The molecular weight excluding hydrogens is 269 g/mol. The van der Waals surface area contributed by atoms with Gasteiger partial charge in [-0.25, -0.2) is 0 Å². The first-order valence-electron chi connectivity index (χ1n) is 6.21.